The van der Waals surface area contributed by atoms with Crippen molar-refractivity contribution in [3.8, 4) is 0 Å². The predicted molar refractivity (Wildman–Crippen MR) is 177 cm³/mol. The SMILES string of the molecule is CC1(C(=O)OCC(O)COC(=O)C2(C)C=CC3(C=CC/C=C\C/C=C\C/C=C\3)C2)C=CC2(C=CC/C=C\C/C=C\C/C=C\2)C1. The molecule has 0 aromatic heterocycles. The highest BCUT2D eigenvalue weighted by atomic mass is 16.6. The summed E-state index contributed by atoms with van der Waals surface area (Å²) in [6.45, 7) is 3.25. The van der Waals surface area contributed by atoms with E-state index in [4.69, 9.17) is 9.47 Å². The second-order valence-electron chi connectivity index (χ2n) is 12.8. The Morgan fingerprint density at radius 1 is 0.523 bits per heavy atom. The van der Waals surface area contributed by atoms with E-state index in [9.17, 15) is 14.7 Å². The van der Waals surface area contributed by atoms with Gasteiger partial charge in [0.2, 0.25) is 0 Å². The molecule has 4 unspecified atom stereocenters. The van der Waals surface area contributed by atoms with Crippen molar-refractivity contribution in [2.24, 2.45) is 21.7 Å². The van der Waals surface area contributed by atoms with Crippen molar-refractivity contribution >= 4 is 11.9 Å². The van der Waals surface area contributed by atoms with Crippen LogP contribution < -0.4 is 0 Å². The molecule has 5 heteroatoms. The summed E-state index contributed by atoms with van der Waals surface area (Å²) < 4.78 is 11.1. The minimum absolute atomic E-state index is 0.243. The Morgan fingerprint density at radius 3 is 1.14 bits per heavy atom. The average Bonchev–Trinajstić information content (AvgIpc) is 3.53. The Morgan fingerprint density at radius 2 is 0.818 bits per heavy atom. The summed E-state index contributed by atoms with van der Waals surface area (Å²) in [6.07, 6.45) is 47.5. The number of carbonyl (C=O) groups excluding carboxylic acids is 2. The number of ether oxygens (including phenoxy) is 2. The number of allylic oxidation sites excluding steroid dienone is 18. The second-order valence-corrected chi connectivity index (χ2v) is 12.8. The smallest absolute Gasteiger partial charge is 0.315 e. The quantitative estimate of drug-likeness (QED) is 0.247. The van der Waals surface area contributed by atoms with Crippen molar-refractivity contribution in [2.45, 2.75) is 71.3 Å². The lowest BCUT2D eigenvalue weighted by Crippen LogP contribution is -2.35. The van der Waals surface area contributed by atoms with E-state index < -0.39 is 28.9 Å². The van der Waals surface area contributed by atoms with E-state index in [0.29, 0.717) is 12.8 Å². The molecule has 234 valence electrons. The Bertz CT molecular complexity index is 1170. The molecule has 0 amide bonds. The molecule has 5 nitrogen and oxygen atoms in total. The summed E-state index contributed by atoms with van der Waals surface area (Å²) in [4.78, 5) is 26.4. The molecule has 0 aromatic carbocycles. The fourth-order valence-corrected chi connectivity index (χ4v) is 6.15. The van der Waals surface area contributed by atoms with Crippen LogP contribution >= 0.6 is 0 Å². The number of aliphatic hydroxyl groups is 1. The second kappa shape index (κ2) is 15.3. The van der Waals surface area contributed by atoms with Crippen molar-refractivity contribution in [2.75, 3.05) is 13.2 Å². The molecule has 4 rings (SSSR count). The standard InChI is InChI=1S/C39H48O5/c1-36(25-27-38(31-36)21-17-13-9-5-3-6-10-14-18-22-38)34(41)43-29-33(40)30-44-35(42)37(2)26-28-39(32-37)23-19-15-11-7-4-8-12-16-20-24-39/h5-12,17-28,33,40H,3-4,13-16,29-32H2,1-2H3/b9-5-,10-6-,11-7-,12-8-,21-17-,22-18?,23-19-,24-20?. The number of hydrogen-bond acceptors (Lipinski definition) is 5. The molecule has 44 heavy (non-hydrogen) atoms. The van der Waals surface area contributed by atoms with Crippen molar-refractivity contribution < 1.29 is 24.2 Å². The number of carbonyl (C=O) groups is 2. The van der Waals surface area contributed by atoms with E-state index in [1.165, 1.54) is 0 Å². The van der Waals surface area contributed by atoms with Crippen LogP contribution in [0.5, 0.6) is 0 Å². The zero-order valence-corrected chi connectivity index (χ0v) is 26.3. The van der Waals surface area contributed by atoms with Gasteiger partial charge in [-0.05, 0) is 65.2 Å². The van der Waals surface area contributed by atoms with Gasteiger partial charge in [0.25, 0.3) is 0 Å². The molecule has 4 aliphatic rings. The summed E-state index contributed by atoms with van der Waals surface area (Å²) in [5.74, 6) is -0.802. The highest BCUT2D eigenvalue weighted by Crippen LogP contribution is 2.48. The van der Waals surface area contributed by atoms with Gasteiger partial charge >= 0.3 is 11.9 Å². The zero-order valence-electron chi connectivity index (χ0n) is 26.3. The molecule has 0 radical (unpaired) electrons. The van der Waals surface area contributed by atoms with Crippen LogP contribution in [-0.2, 0) is 19.1 Å². The van der Waals surface area contributed by atoms with Crippen LogP contribution in [0, 0.1) is 21.7 Å². The third-order valence-corrected chi connectivity index (χ3v) is 8.63. The first-order chi connectivity index (χ1) is 21.2. The molecular formula is C39H48O5. The largest absolute Gasteiger partial charge is 0.462 e. The number of hydrogen-bond donors (Lipinski definition) is 1. The van der Waals surface area contributed by atoms with E-state index in [1.54, 1.807) is 0 Å². The fraction of sp³-hybridized carbons (Fsp3) is 0.436. The molecule has 0 fully saturated rings. The third kappa shape index (κ3) is 9.15. The predicted octanol–water partition coefficient (Wildman–Crippen LogP) is 8.16. The van der Waals surface area contributed by atoms with Crippen molar-refractivity contribution in [3.05, 3.63) is 122 Å². The van der Waals surface area contributed by atoms with E-state index in [0.717, 1.165) is 38.5 Å². The minimum Gasteiger partial charge on any atom is -0.462 e. The van der Waals surface area contributed by atoms with Gasteiger partial charge in [-0.2, -0.15) is 0 Å². The highest BCUT2D eigenvalue weighted by molar-refractivity contribution is 5.80. The Labute approximate surface area is 263 Å². The van der Waals surface area contributed by atoms with E-state index in [1.807, 2.05) is 26.0 Å². The van der Waals surface area contributed by atoms with Gasteiger partial charge in [-0.25, -0.2) is 0 Å². The summed E-state index contributed by atoms with van der Waals surface area (Å²) >= 11 is 0. The zero-order chi connectivity index (χ0) is 31.4. The van der Waals surface area contributed by atoms with Crippen LogP contribution in [0.25, 0.3) is 0 Å². The highest BCUT2D eigenvalue weighted by Gasteiger charge is 2.45. The van der Waals surface area contributed by atoms with Crippen LogP contribution in [0.1, 0.15) is 65.2 Å². The number of esters is 2. The van der Waals surface area contributed by atoms with Gasteiger partial charge in [0.1, 0.15) is 19.3 Å². The van der Waals surface area contributed by atoms with E-state index in [2.05, 4.69) is 109 Å². The van der Waals surface area contributed by atoms with Crippen LogP contribution in [0.3, 0.4) is 0 Å². The van der Waals surface area contributed by atoms with Crippen LogP contribution in [0.2, 0.25) is 0 Å². The Balaban J connectivity index is 1.28. The maximum absolute atomic E-state index is 13.2. The fourth-order valence-electron chi connectivity index (χ4n) is 6.15. The lowest BCUT2D eigenvalue weighted by Gasteiger charge is -2.28. The maximum atomic E-state index is 13.2. The molecule has 0 heterocycles. The summed E-state index contributed by atoms with van der Waals surface area (Å²) in [5.41, 5.74) is -2.39. The average molecular weight is 597 g/mol. The molecule has 4 aliphatic carbocycles. The molecular weight excluding hydrogens is 548 g/mol. The van der Waals surface area contributed by atoms with Gasteiger partial charge < -0.3 is 14.6 Å². The lowest BCUT2D eigenvalue weighted by atomic mass is 9.78. The third-order valence-electron chi connectivity index (χ3n) is 8.63. The van der Waals surface area contributed by atoms with Crippen molar-refractivity contribution in [3.63, 3.8) is 0 Å². The number of aliphatic hydroxyl groups excluding tert-OH is 1. The van der Waals surface area contributed by atoms with Crippen LogP contribution in [-0.4, -0.2) is 36.4 Å². The minimum atomic E-state index is -1.12. The van der Waals surface area contributed by atoms with Gasteiger partial charge in [0.15, 0.2) is 0 Å². The first kappa shape index (κ1) is 33.2. The molecule has 0 saturated heterocycles. The molecule has 0 bridgehead atoms. The van der Waals surface area contributed by atoms with Crippen LogP contribution in [0.4, 0.5) is 0 Å². The summed E-state index contributed by atoms with van der Waals surface area (Å²) in [6, 6.07) is 0. The van der Waals surface area contributed by atoms with Gasteiger partial charge in [-0.1, -0.05) is 122 Å². The number of rotatable bonds is 6. The molecule has 0 aromatic rings. The maximum Gasteiger partial charge on any atom is 0.315 e. The van der Waals surface area contributed by atoms with E-state index >= 15 is 0 Å². The molecule has 4 atom stereocenters. The molecule has 1 N–H and O–H groups in total. The Hall–Kier alpha value is -3.70. The van der Waals surface area contributed by atoms with E-state index in [-0.39, 0.29) is 24.0 Å². The molecule has 2 spiro atoms. The van der Waals surface area contributed by atoms with Crippen LogP contribution in [0.15, 0.2) is 122 Å². The van der Waals surface area contributed by atoms with Gasteiger partial charge in [-0.15, -0.1) is 0 Å². The molecule has 0 saturated carbocycles. The summed E-state index contributed by atoms with van der Waals surface area (Å²) in [7, 11) is 0. The van der Waals surface area contributed by atoms with Gasteiger partial charge in [0.05, 0.1) is 10.8 Å². The van der Waals surface area contributed by atoms with Gasteiger partial charge in [0, 0.05) is 10.8 Å². The monoisotopic (exact) mass is 596 g/mol. The lowest BCUT2D eigenvalue weighted by molar-refractivity contribution is -0.161. The summed E-state index contributed by atoms with van der Waals surface area (Å²) in [5, 5.41) is 10.6. The Kier molecular flexibility index (Phi) is 11.6. The van der Waals surface area contributed by atoms with Gasteiger partial charge in [-0.3, -0.25) is 9.59 Å². The van der Waals surface area contributed by atoms with Crippen molar-refractivity contribution in [1.82, 2.24) is 0 Å². The normalized spacial score (nSPS) is 36.7. The van der Waals surface area contributed by atoms with Crippen molar-refractivity contribution in [1.29, 1.82) is 0 Å². The molecule has 0 aliphatic heterocycles. The first-order valence-corrected chi connectivity index (χ1v) is 15.9. The topological polar surface area (TPSA) is 72.8 Å². The first-order valence-electron chi connectivity index (χ1n) is 15.9.